The van der Waals surface area contributed by atoms with E-state index >= 15 is 0 Å². The van der Waals surface area contributed by atoms with E-state index in [0.29, 0.717) is 18.2 Å². The van der Waals surface area contributed by atoms with Crippen molar-refractivity contribution in [3.8, 4) is 5.88 Å². The van der Waals surface area contributed by atoms with Crippen molar-refractivity contribution < 1.29 is 14.3 Å². The molecular formula is C18H20N4O3. The summed E-state index contributed by atoms with van der Waals surface area (Å²) in [4.78, 5) is 34.4. The maximum Gasteiger partial charge on any atom is 0.230 e. The van der Waals surface area contributed by atoms with Gasteiger partial charge in [-0.1, -0.05) is 6.07 Å². The molecule has 1 saturated heterocycles. The average molecular weight is 340 g/mol. The number of hydrogen-bond donors (Lipinski definition) is 1. The van der Waals surface area contributed by atoms with Gasteiger partial charge in [-0.15, -0.1) is 0 Å². The number of benzene rings is 1. The summed E-state index contributed by atoms with van der Waals surface area (Å²) in [6.45, 7) is 4.39. The van der Waals surface area contributed by atoms with Gasteiger partial charge in [0.2, 0.25) is 17.7 Å². The Labute approximate surface area is 146 Å². The third-order valence-electron chi connectivity index (χ3n) is 4.40. The first-order chi connectivity index (χ1) is 12.0. The standard InChI is InChI=1S/C18H20N4O3/c1-11-4-5-14(6-12(11)2)22-9-13(7-17(22)23)18(24)21-15-8-16(25-3)20-10-19-15/h4-6,8,10,13H,7,9H2,1-3H3,(H,19,20,21,24)/t13-/m1/s1. The highest BCUT2D eigenvalue weighted by atomic mass is 16.5. The van der Waals surface area contributed by atoms with Gasteiger partial charge in [-0.25, -0.2) is 9.97 Å². The normalized spacial score (nSPS) is 16.8. The molecule has 0 aliphatic carbocycles. The van der Waals surface area contributed by atoms with Gasteiger partial charge < -0.3 is 15.0 Å². The van der Waals surface area contributed by atoms with Crippen LogP contribution in [-0.2, 0) is 9.59 Å². The monoisotopic (exact) mass is 340 g/mol. The molecule has 0 bridgehead atoms. The van der Waals surface area contributed by atoms with Gasteiger partial charge in [0.05, 0.1) is 13.0 Å². The minimum absolute atomic E-state index is 0.0522. The predicted octanol–water partition coefficient (Wildman–Crippen LogP) is 2.09. The van der Waals surface area contributed by atoms with Gasteiger partial charge in [0.1, 0.15) is 12.1 Å². The van der Waals surface area contributed by atoms with Gasteiger partial charge in [0.15, 0.2) is 0 Å². The molecule has 1 aromatic heterocycles. The lowest BCUT2D eigenvalue weighted by atomic mass is 10.1. The van der Waals surface area contributed by atoms with Gasteiger partial charge in [-0.2, -0.15) is 0 Å². The van der Waals surface area contributed by atoms with Crippen LogP contribution in [0.25, 0.3) is 0 Å². The summed E-state index contributed by atoms with van der Waals surface area (Å²) in [7, 11) is 1.49. The highest BCUT2D eigenvalue weighted by Gasteiger charge is 2.35. The van der Waals surface area contributed by atoms with Crippen molar-refractivity contribution in [2.45, 2.75) is 20.3 Å². The SMILES string of the molecule is COc1cc(NC(=O)[C@@H]2CC(=O)N(c3ccc(C)c(C)c3)C2)ncn1. The number of hydrogen-bond acceptors (Lipinski definition) is 5. The first kappa shape index (κ1) is 16.9. The molecule has 1 aliphatic rings. The first-order valence-corrected chi connectivity index (χ1v) is 8.02. The minimum atomic E-state index is -0.421. The van der Waals surface area contributed by atoms with Crippen molar-refractivity contribution in [3.05, 3.63) is 41.7 Å². The molecule has 2 aromatic rings. The summed E-state index contributed by atoms with van der Waals surface area (Å²) in [5, 5.41) is 2.72. The smallest absolute Gasteiger partial charge is 0.230 e. The molecule has 2 amide bonds. The highest BCUT2D eigenvalue weighted by Crippen LogP contribution is 2.27. The number of methoxy groups -OCH3 is 1. The van der Waals surface area contributed by atoms with Crippen LogP contribution in [0.1, 0.15) is 17.5 Å². The van der Waals surface area contributed by atoms with Crippen molar-refractivity contribution in [1.82, 2.24) is 9.97 Å². The van der Waals surface area contributed by atoms with E-state index in [1.165, 1.54) is 25.1 Å². The zero-order valence-electron chi connectivity index (χ0n) is 14.4. The van der Waals surface area contributed by atoms with E-state index in [2.05, 4.69) is 15.3 Å². The average Bonchev–Trinajstić information content (AvgIpc) is 2.99. The zero-order chi connectivity index (χ0) is 18.0. The Hall–Kier alpha value is -2.96. The second kappa shape index (κ2) is 6.88. The van der Waals surface area contributed by atoms with Crippen molar-refractivity contribution >= 4 is 23.3 Å². The van der Waals surface area contributed by atoms with Crippen LogP contribution in [0.15, 0.2) is 30.6 Å². The second-order valence-electron chi connectivity index (χ2n) is 6.11. The first-order valence-electron chi connectivity index (χ1n) is 8.02. The second-order valence-corrected chi connectivity index (χ2v) is 6.11. The molecule has 7 heteroatoms. The lowest BCUT2D eigenvalue weighted by Gasteiger charge is -2.18. The number of nitrogens with zero attached hydrogens (tertiary/aromatic N) is 3. The molecule has 0 radical (unpaired) electrons. The number of amides is 2. The van der Waals surface area contributed by atoms with Crippen LogP contribution in [0, 0.1) is 19.8 Å². The Bertz CT molecular complexity index is 822. The van der Waals surface area contributed by atoms with Crippen LogP contribution < -0.4 is 15.0 Å². The molecule has 0 unspecified atom stereocenters. The molecule has 1 N–H and O–H groups in total. The van der Waals surface area contributed by atoms with Crippen molar-refractivity contribution in [3.63, 3.8) is 0 Å². The van der Waals surface area contributed by atoms with Crippen molar-refractivity contribution in [2.24, 2.45) is 5.92 Å². The molecule has 7 nitrogen and oxygen atoms in total. The maximum absolute atomic E-state index is 12.5. The summed E-state index contributed by atoms with van der Waals surface area (Å²) in [5.74, 6) is 0.0117. The van der Waals surface area contributed by atoms with E-state index in [4.69, 9.17) is 4.74 Å². The van der Waals surface area contributed by atoms with Crippen LogP contribution in [0.4, 0.5) is 11.5 Å². The van der Waals surface area contributed by atoms with E-state index in [1.54, 1.807) is 4.90 Å². The van der Waals surface area contributed by atoms with Crippen molar-refractivity contribution in [1.29, 1.82) is 0 Å². The van der Waals surface area contributed by atoms with Crippen LogP contribution >= 0.6 is 0 Å². The number of rotatable bonds is 4. The molecule has 3 rings (SSSR count). The maximum atomic E-state index is 12.5. The summed E-state index contributed by atoms with van der Waals surface area (Å²) in [5.41, 5.74) is 3.11. The number of carbonyl (C=O) groups is 2. The number of carbonyl (C=O) groups excluding carboxylic acids is 2. The Morgan fingerprint density at radius 2 is 2.04 bits per heavy atom. The summed E-state index contributed by atoms with van der Waals surface area (Å²) < 4.78 is 5.01. The van der Waals surface area contributed by atoms with E-state index in [9.17, 15) is 9.59 Å². The van der Waals surface area contributed by atoms with Gasteiger partial charge in [-0.3, -0.25) is 9.59 Å². The van der Waals surface area contributed by atoms with Crippen LogP contribution in [0.5, 0.6) is 5.88 Å². The van der Waals surface area contributed by atoms with Gasteiger partial charge in [-0.05, 0) is 37.1 Å². The number of anilines is 2. The molecule has 1 fully saturated rings. The molecule has 1 aromatic carbocycles. The fraction of sp³-hybridized carbons (Fsp3) is 0.333. The number of aryl methyl sites for hydroxylation is 2. The summed E-state index contributed by atoms with van der Waals surface area (Å²) in [6, 6.07) is 7.41. The van der Waals surface area contributed by atoms with E-state index in [0.717, 1.165) is 11.3 Å². The zero-order valence-corrected chi connectivity index (χ0v) is 14.4. The number of ether oxygens (including phenoxy) is 1. The lowest BCUT2D eigenvalue weighted by molar-refractivity contribution is -0.122. The summed E-state index contributed by atoms with van der Waals surface area (Å²) >= 11 is 0. The molecule has 1 aliphatic heterocycles. The van der Waals surface area contributed by atoms with Crippen molar-refractivity contribution in [2.75, 3.05) is 23.9 Å². The fourth-order valence-electron chi connectivity index (χ4n) is 2.77. The fourth-order valence-corrected chi connectivity index (χ4v) is 2.77. The van der Waals surface area contributed by atoms with E-state index < -0.39 is 5.92 Å². The third-order valence-corrected chi connectivity index (χ3v) is 4.40. The number of nitrogens with one attached hydrogen (secondary N) is 1. The molecular weight excluding hydrogens is 320 g/mol. The number of aromatic nitrogens is 2. The molecule has 2 heterocycles. The summed E-state index contributed by atoms with van der Waals surface area (Å²) in [6.07, 6.45) is 1.50. The van der Waals surface area contributed by atoms with Gasteiger partial charge in [0.25, 0.3) is 0 Å². The van der Waals surface area contributed by atoms with Gasteiger partial charge >= 0.3 is 0 Å². The predicted molar refractivity (Wildman–Crippen MR) is 93.6 cm³/mol. The molecule has 1 atom stereocenters. The molecule has 0 saturated carbocycles. The van der Waals surface area contributed by atoms with Gasteiger partial charge in [0, 0.05) is 24.7 Å². The minimum Gasteiger partial charge on any atom is -0.481 e. The Balaban J connectivity index is 1.70. The van der Waals surface area contributed by atoms with Crippen LogP contribution in [-0.4, -0.2) is 35.4 Å². The highest BCUT2D eigenvalue weighted by molar-refractivity contribution is 6.03. The molecule has 0 spiro atoms. The lowest BCUT2D eigenvalue weighted by Crippen LogP contribution is -2.28. The Morgan fingerprint density at radius 1 is 1.24 bits per heavy atom. The topological polar surface area (TPSA) is 84.4 Å². The largest absolute Gasteiger partial charge is 0.481 e. The molecule has 130 valence electrons. The van der Waals surface area contributed by atoms with E-state index in [-0.39, 0.29) is 18.2 Å². The van der Waals surface area contributed by atoms with E-state index in [1.807, 2.05) is 32.0 Å². The Morgan fingerprint density at radius 3 is 2.76 bits per heavy atom. The Kier molecular flexibility index (Phi) is 4.65. The third kappa shape index (κ3) is 3.60. The quantitative estimate of drug-likeness (QED) is 0.921. The van der Waals surface area contributed by atoms with Crippen LogP contribution in [0.2, 0.25) is 0 Å². The van der Waals surface area contributed by atoms with Crippen LogP contribution in [0.3, 0.4) is 0 Å². The molecule has 25 heavy (non-hydrogen) atoms.